The highest BCUT2D eigenvalue weighted by atomic mass is 79.9. The second-order valence-corrected chi connectivity index (χ2v) is 11.0. The molecule has 1 aromatic heterocycles. The number of fused-ring (bicyclic) bond motifs is 1. The first-order valence-corrected chi connectivity index (χ1v) is 14.4. The van der Waals surface area contributed by atoms with E-state index in [1.54, 1.807) is 14.2 Å². The van der Waals surface area contributed by atoms with Gasteiger partial charge in [0.25, 0.3) is 0 Å². The molecule has 0 saturated heterocycles. The molecule has 0 spiro atoms. The van der Waals surface area contributed by atoms with Crippen LogP contribution in [0.3, 0.4) is 0 Å². The Kier molecular flexibility index (Phi) is 9.94. The normalized spacial score (nSPS) is 12.1. The minimum Gasteiger partial charge on any atom is -0.493 e. The van der Waals surface area contributed by atoms with E-state index in [0.29, 0.717) is 31.1 Å². The monoisotopic (exact) mass is 619 g/mol. The van der Waals surface area contributed by atoms with E-state index in [2.05, 4.69) is 88.7 Å². The number of hydrogen-bond acceptors (Lipinski definition) is 6. The number of benzene rings is 3. The smallest absolute Gasteiger partial charge is 0.219 e. The molecular formula is C32H38BrN5O3. The molecule has 3 aromatic carbocycles. The predicted octanol–water partition coefficient (Wildman–Crippen LogP) is 6.24. The van der Waals surface area contributed by atoms with Crippen LogP contribution in [0.5, 0.6) is 11.5 Å². The zero-order valence-corrected chi connectivity index (χ0v) is 25.7. The van der Waals surface area contributed by atoms with E-state index in [-0.39, 0.29) is 24.4 Å². The maximum Gasteiger partial charge on any atom is 0.219 e. The van der Waals surface area contributed by atoms with Gasteiger partial charge >= 0.3 is 0 Å². The summed E-state index contributed by atoms with van der Waals surface area (Å²) in [6.07, 6.45) is 0.147. The minimum absolute atomic E-state index is 0.147. The molecule has 0 aliphatic carbocycles. The fourth-order valence-electron chi connectivity index (χ4n) is 5.07. The topological polar surface area (TPSA) is 94.6 Å². The predicted molar refractivity (Wildman–Crippen MR) is 169 cm³/mol. The zero-order chi connectivity index (χ0) is 29.7. The summed E-state index contributed by atoms with van der Waals surface area (Å²) in [7, 11) is 3.20. The number of ether oxygens (including phenoxy) is 2. The van der Waals surface area contributed by atoms with Crippen molar-refractivity contribution in [2.75, 3.05) is 32.2 Å². The number of nitrogens with zero attached hydrogens (tertiary/aromatic N) is 3. The van der Waals surface area contributed by atoms with Gasteiger partial charge in [0.1, 0.15) is 5.82 Å². The van der Waals surface area contributed by atoms with E-state index in [9.17, 15) is 4.79 Å². The Morgan fingerprint density at radius 2 is 1.78 bits per heavy atom. The van der Waals surface area contributed by atoms with Crippen LogP contribution in [-0.2, 0) is 11.3 Å². The van der Waals surface area contributed by atoms with Crippen LogP contribution in [0.25, 0.3) is 22.4 Å². The van der Waals surface area contributed by atoms with Crippen molar-refractivity contribution in [1.82, 2.24) is 14.9 Å². The second kappa shape index (κ2) is 13.4. The molecule has 3 N–H and O–H groups in total. The first-order valence-electron chi connectivity index (χ1n) is 13.6. The Morgan fingerprint density at radius 3 is 2.37 bits per heavy atom. The highest BCUT2D eigenvalue weighted by molar-refractivity contribution is 9.10. The van der Waals surface area contributed by atoms with Crippen molar-refractivity contribution in [3.8, 4) is 22.9 Å². The van der Waals surface area contributed by atoms with Gasteiger partial charge in [-0.2, -0.15) is 0 Å². The molecule has 8 nitrogen and oxygen atoms in total. The van der Waals surface area contributed by atoms with Crippen LogP contribution in [0.1, 0.15) is 43.5 Å². The van der Waals surface area contributed by atoms with Crippen LogP contribution < -0.4 is 25.4 Å². The number of amides is 1. The number of aromatic nitrogens is 2. The lowest BCUT2D eigenvalue weighted by atomic mass is 10.0. The van der Waals surface area contributed by atoms with E-state index in [1.165, 1.54) is 0 Å². The summed E-state index contributed by atoms with van der Waals surface area (Å²) in [6, 6.07) is 18.3. The average Bonchev–Trinajstić information content (AvgIpc) is 3.35. The van der Waals surface area contributed by atoms with Crippen molar-refractivity contribution in [2.24, 2.45) is 5.73 Å². The van der Waals surface area contributed by atoms with Gasteiger partial charge in [-0.15, -0.1) is 0 Å². The number of imidazole rings is 1. The summed E-state index contributed by atoms with van der Waals surface area (Å²) in [5.74, 6) is 1.76. The standard InChI is InChI=1S/C32H38BrN5O3/c1-7-37(8-2)24-12-9-22(10-13-24)32-36-27-17-23(11-14-28(27)38(32)20(3)4)26(18-30(34)39)35-19-21-15-25(33)31(41-6)29(16-21)40-5/h9-17,20,26,35H,1-2,7-8,18-19H2,3-6H3,(H2,34,39). The van der Waals surface area contributed by atoms with Gasteiger partial charge in [0.2, 0.25) is 5.91 Å². The maximum absolute atomic E-state index is 12.1. The molecular weight excluding hydrogens is 582 g/mol. The van der Waals surface area contributed by atoms with Crippen molar-refractivity contribution in [3.05, 3.63) is 84.0 Å². The van der Waals surface area contributed by atoms with Gasteiger partial charge in [-0.3, -0.25) is 4.79 Å². The van der Waals surface area contributed by atoms with E-state index in [0.717, 1.165) is 43.7 Å². The maximum atomic E-state index is 12.1. The SMILES string of the molecule is [CH2]CN(C[CH2])c1ccc(-c2nc3cc(C(CC(N)=O)NCc4cc(Br)c(OC)c(OC)c4)ccc3n2C(C)C)cc1. The van der Waals surface area contributed by atoms with Gasteiger partial charge in [-0.1, -0.05) is 6.07 Å². The van der Waals surface area contributed by atoms with E-state index >= 15 is 0 Å². The van der Waals surface area contributed by atoms with Crippen molar-refractivity contribution >= 4 is 38.6 Å². The molecule has 0 bridgehead atoms. The quantitative estimate of drug-likeness (QED) is 0.184. The highest BCUT2D eigenvalue weighted by Crippen LogP contribution is 2.37. The van der Waals surface area contributed by atoms with Crippen LogP contribution in [0.2, 0.25) is 0 Å². The summed E-state index contributed by atoms with van der Waals surface area (Å²) in [4.78, 5) is 19.2. The third-order valence-corrected chi connectivity index (χ3v) is 7.70. The fourth-order valence-corrected chi connectivity index (χ4v) is 5.73. The molecule has 216 valence electrons. The lowest BCUT2D eigenvalue weighted by Gasteiger charge is -2.21. The summed E-state index contributed by atoms with van der Waals surface area (Å²) in [6.45, 7) is 14.1. The van der Waals surface area contributed by atoms with Gasteiger partial charge in [-0.05, 0) is 103 Å². The lowest BCUT2D eigenvalue weighted by Crippen LogP contribution is -2.26. The largest absolute Gasteiger partial charge is 0.493 e. The van der Waals surface area contributed by atoms with Gasteiger partial charge < -0.3 is 30.0 Å². The Labute approximate surface area is 251 Å². The molecule has 2 radical (unpaired) electrons. The summed E-state index contributed by atoms with van der Waals surface area (Å²) in [5, 5.41) is 3.50. The zero-order valence-electron chi connectivity index (χ0n) is 24.1. The number of carbonyl (C=O) groups excluding carboxylic acids is 1. The van der Waals surface area contributed by atoms with Crippen LogP contribution in [-0.4, -0.2) is 42.8 Å². The van der Waals surface area contributed by atoms with Crippen molar-refractivity contribution < 1.29 is 14.3 Å². The molecule has 0 saturated carbocycles. The number of hydrogen-bond donors (Lipinski definition) is 2. The van der Waals surface area contributed by atoms with E-state index < -0.39 is 0 Å². The molecule has 0 aliphatic heterocycles. The first kappa shape index (κ1) is 30.4. The molecule has 4 aromatic rings. The molecule has 41 heavy (non-hydrogen) atoms. The number of anilines is 1. The van der Waals surface area contributed by atoms with Gasteiger partial charge in [0, 0.05) is 49.4 Å². The number of halogens is 1. The Balaban J connectivity index is 1.67. The number of carbonyl (C=O) groups is 1. The number of nitrogens with two attached hydrogens (primary N) is 1. The Hall–Kier alpha value is -3.56. The summed E-state index contributed by atoms with van der Waals surface area (Å²) < 4.78 is 13.9. The van der Waals surface area contributed by atoms with Crippen molar-refractivity contribution in [1.29, 1.82) is 0 Å². The van der Waals surface area contributed by atoms with Crippen molar-refractivity contribution in [3.63, 3.8) is 0 Å². The third kappa shape index (κ3) is 6.68. The molecule has 0 fully saturated rings. The highest BCUT2D eigenvalue weighted by Gasteiger charge is 2.20. The van der Waals surface area contributed by atoms with Gasteiger partial charge in [0.15, 0.2) is 11.5 Å². The van der Waals surface area contributed by atoms with Crippen LogP contribution in [0.15, 0.2) is 59.1 Å². The van der Waals surface area contributed by atoms with E-state index in [1.807, 2.05) is 24.3 Å². The van der Waals surface area contributed by atoms with Gasteiger partial charge in [0.05, 0.1) is 29.7 Å². The molecule has 0 aliphatic rings. The van der Waals surface area contributed by atoms with Crippen LogP contribution in [0, 0.1) is 13.8 Å². The average molecular weight is 621 g/mol. The first-order chi connectivity index (χ1) is 19.7. The second-order valence-electron chi connectivity index (χ2n) is 10.1. The fraction of sp³-hybridized carbons (Fsp3) is 0.312. The molecule has 1 amide bonds. The third-order valence-electron chi connectivity index (χ3n) is 7.11. The molecule has 4 rings (SSSR count). The van der Waals surface area contributed by atoms with Crippen LogP contribution >= 0.6 is 15.9 Å². The molecule has 9 heteroatoms. The lowest BCUT2D eigenvalue weighted by molar-refractivity contribution is -0.118. The van der Waals surface area contributed by atoms with Crippen LogP contribution in [0.4, 0.5) is 5.69 Å². The minimum atomic E-state index is -0.386. The molecule has 1 atom stereocenters. The van der Waals surface area contributed by atoms with Gasteiger partial charge in [-0.25, -0.2) is 4.98 Å². The number of primary amides is 1. The number of nitrogens with one attached hydrogen (secondary N) is 1. The number of methoxy groups -OCH3 is 2. The summed E-state index contributed by atoms with van der Waals surface area (Å²) in [5.41, 5.74) is 11.6. The van der Waals surface area contributed by atoms with E-state index in [4.69, 9.17) is 20.2 Å². The number of rotatable bonds is 13. The molecule has 1 heterocycles. The summed E-state index contributed by atoms with van der Waals surface area (Å²) >= 11 is 3.55. The van der Waals surface area contributed by atoms with Crippen molar-refractivity contribution in [2.45, 2.75) is 38.9 Å². The molecule has 1 unspecified atom stereocenters. The Bertz CT molecular complexity index is 1500. The Morgan fingerprint density at radius 1 is 1.07 bits per heavy atom.